The van der Waals surface area contributed by atoms with Gasteiger partial charge >= 0.3 is 5.97 Å². The third kappa shape index (κ3) is 4.85. The second-order valence-corrected chi connectivity index (χ2v) is 7.03. The van der Waals surface area contributed by atoms with Crippen molar-refractivity contribution < 1.29 is 19.4 Å². The first-order valence-corrected chi connectivity index (χ1v) is 9.69. The quantitative estimate of drug-likeness (QED) is 0.539. The van der Waals surface area contributed by atoms with Crippen LogP contribution in [0.1, 0.15) is 29.5 Å². The van der Waals surface area contributed by atoms with Crippen LogP contribution in [-0.2, 0) is 17.8 Å². The molecule has 0 saturated carbocycles. The second-order valence-electron chi connectivity index (χ2n) is 7.03. The molecule has 3 aromatic carbocycles. The molecule has 0 aromatic heterocycles. The fourth-order valence-corrected chi connectivity index (χ4v) is 3.57. The normalized spacial score (nSPS) is 14.3. The number of allylic oxidation sites excluding steroid dienone is 1. The molecule has 3 aromatic rings. The number of aliphatic carboxylic acids is 1. The molecule has 4 heteroatoms. The molecule has 4 nitrogen and oxygen atoms in total. The van der Waals surface area contributed by atoms with Crippen molar-refractivity contribution in [2.24, 2.45) is 0 Å². The van der Waals surface area contributed by atoms with E-state index in [4.69, 9.17) is 14.6 Å². The smallest absolute Gasteiger partial charge is 0.328 e. The molecule has 0 heterocycles. The number of para-hydroxylation sites is 1. The van der Waals surface area contributed by atoms with Crippen LogP contribution in [0.2, 0.25) is 0 Å². The highest BCUT2D eigenvalue weighted by molar-refractivity contribution is 5.91. The topological polar surface area (TPSA) is 55.8 Å². The third-order valence-corrected chi connectivity index (χ3v) is 4.90. The van der Waals surface area contributed by atoms with Gasteiger partial charge in [-0.25, -0.2) is 4.79 Å². The Morgan fingerprint density at radius 2 is 1.72 bits per heavy atom. The van der Waals surface area contributed by atoms with Crippen LogP contribution >= 0.6 is 0 Å². The van der Waals surface area contributed by atoms with E-state index in [0.717, 1.165) is 58.8 Å². The minimum Gasteiger partial charge on any atom is -0.489 e. The van der Waals surface area contributed by atoms with Crippen molar-refractivity contribution >= 4 is 11.5 Å². The van der Waals surface area contributed by atoms with Gasteiger partial charge in [0.05, 0.1) is 0 Å². The van der Waals surface area contributed by atoms with E-state index in [9.17, 15) is 4.79 Å². The number of aryl methyl sites for hydroxylation is 1. The Balaban J connectivity index is 1.44. The van der Waals surface area contributed by atoms with Crippen LogP contribution in [0.4, 0.5) is 0 Å². The number of carboxylic acid groups (broad SMARTS) is 1. The summed E-state index contributed by atoms with van der Waals surface area (Å²) in [5.74, 6) is 1.46. The van der Waals surface area contributed by atoms with Crippen LogP contribution in [0.25, 0.3) is 5.57 Å². The molecular formula is C25H22O4. The summed E-state index contributed by atoms with van der Waals surface area (Å²) in [6, 6.07) is 23.4. The standard InChI is InChI=1S/C25H22O4/c26-25(27)16-20-8-5-7-19-15-22(12-13-24(19)20)28-17-18-6-4-11-23(14-18)29-21-9-2-1-3-10-21/h1-4,6,9-16H,5,7-8,17H2,(H,26,27)/b20-16+. The fraction of sp³-hybridized carbons (Fsp3) is 0.160. The van der Waals surface area contributed by atoms with E-state index in [2.05, 4.69) is 0 Å². The van der Waals surface area contributed by atoms with Crippen molar-refractivity contribution in [1.82, 2.24) is 0 Å². The van der Waals surface area contributed by atoms with Crippen LogP contribution in [0, 0.1) is 0 Å². The van der Waals surface area contributed by atoms with Gasteiger partial charge in [0.2, 0.25) is 0 Å². The molecule has 1 aliphatic rings. The van der Waals surface area contributed by atoms with Gasteiger partial charge in [-0.2, -0.15) is 0 Å². The molecule has 29 heavy (non-hydrogen) atoms. The zero-order valence-electron chi connectivity index (χ0n) is 16.0. The van der Waals surface area contributed by atoms with E-state index in [1.165, 1.54) is 6.08 Å². The van der Waals surface area contributed by atoms with E-state index in [1.807, 2.05) is 72.8 Å². The van der Waals surface area contributed by atoms with Gasteiger partial charge in [0.25, 0.3) is 0 Å². The van der Waals surface area contributed by atoms with E-state index < -0.39 is 5.97 Å². The first-order valence-electron chi connectivity index (χ1n) is 9.69. The Labute approximate surface area is 170 Å². The van der Waals surface area contributed by atoms with Crippen molar-refractivity contribution in [2.75, 3.05) is 0 Å². The molecule has 0 atom stereocenters. The monoisotopic (exact) mass is 386 g/mol. The molecule has 1 N–H and O–H groups in total. The molecule has 146 valence electrons. The molecular weight excluding hydrogens is 364 g/mol. The van der Waals surface area contributed by atoms with E-state index in [1.54, 1.807) is 0 Å². The van der Waals surface area contributed by atoms with Crippen molar-refractivity contribution in [1.29, 1.82) is 0 Å². The number of benzene rings is 3. The molecule has 1 aliphatic carbocycles. The summed E-state index contributed by atoms with van der Waals surface area (Å²) < 4.78 is 11.9. The number of rotatable bonds is 6. The molecule has 0 spiro atoms. The zero-order valence-corrected chi connectivity index (χ0v) is 16.0. The molecule has 0 aliphatic heterocycles. The average Bonchev–Trinajstić information content (AvgIpc) is 2.73. The second kappa shape index (κ2) is 8.65. The van der Waals surface area contributed by atoms with Crippen molar-refractivity contribution in [3.8, 4) is 17.2 Å². The Hall–Kier alpha value is -3.53. The first-order chi connectivity index (χ1) is 14.2. The average molecular weight is 386 g/mol. The van der Waals surface area contributed by atoms with Crippen LogP contribution < -0.4 is 9.47 Å². The van der Waals surface area contributed by atoms with Crippen LogP contribution in [-0.4, -0.2) is 11.1 Å². The maximum atomic E-state index is 11.0. The Kier molecular flexibility index (Phi) is 5.61. The van der Waals surface area contributed by atoms with Gasteiger partial charge in [0.15, 0.2) is 0 Å². The number of carboxylic acids is 1. The lowest BCUT2D eigenvalue weighted by atomic mass is 9.87. The van der Waals surface area contributed by atoms with Crippen LogP contribution in [0.5, 0.6) is 17.2 Å². The Bertz CT molecular complexity index is 1040. The van der Waals surface area contributed by atoms with Crippen molar-refractivity contribution in [3.05, 3.63) is 95.6 Å². The van der Waals surface area contributed by atoms with Gasteiger partial charge in [0.1, 0.15) is 23.9 Å². The summed E-state index contributed by atoms with van der Waals surface area (Å²) in [5, 5.41) is 9.06. The molecule has 0 bridgehead atoms. The predicted molar refractivity (Wildman–Crippen MR) is 112 cm³/mol. The largest absolute Gasteiger partial charge is 0.489 e. The molecule has 4 rings (SSSR count). The highest BCUT2D eigenvalue weighted by atomic mass is 16.5. The summed E-state index contributed by atoms with van der Waals surface area (Å²) >= 11 is 0. The van der Waals surface area contributed by atoms with E-state index in [0.29, 0.717) is 6.61 Å². The number of carbonyl (C=O) groups is 1. The minimum absolute atomic E-state index is 0.433. The SMILES string of the molecule is O=C(O)/C=C1\CCCc2cc(OCc3cccc(Oc4ccccc4)c3)ccc21. The number of hydrogen-bond acceptors (Lipinski definition) is 3. The number of ether oxygens (including phenoxy) is 2. The lowest BCUT2D eigenvalue weighted by molar-refractivity contribution is -0.131. The molecule has 0 fully saturated rings. The van der Waals surface area contributed by atoms with Gasteiger partial charge < -0.3 is 14.6 Å². The Morgan fingerprint density at radius 3 is 2.55 bits per heavy atom. The summed E-state index contributed by atoms with van der Waals surface area (Å²) in [6.45, 7) is 0.433. The van der Waals surface area contributed by atoms with Gasteiger partial charge in [-0.3, -0.25) is 0 Å². The fourth-order valence-electron chi connectivity index (χ4n) is 3.57. The predicted octanol–water partition coefficient (Wildman–Crippen LogP) is 5.86. The van der Waals surface area contributed by atoms with Crippen LogP contribution in [0.3, 0.4) is 0 Å². The number of hydrogen-bond donors (Lipinski definition) is 1. The third-order valence-electron chi connectivity index (χ3n) is 4.90. The van der Waals surface area contributed by atoms with Gasteiger partial charge in [-0.1, -0.05) is 36.4 Å². The summed E-state index contributed by atoms with van der Waals surface area (Å²) in [4.78, 5) is 11.0. The molecule has 0 amide bonds. The molecule has 0 saturated heterocycles. The zero-order chi connectivity index (χ0) is 20.1. The number of fused-ring (bicyclic) bond motifs is 1. The van der Waals surface area contributed by atoms with E-state index >= 15 is 0 Å². The van der Waals surface area contributed by atoms with Crippen molar-refractivity contribution in [3.63, 3.8) is 0 Å². The Morgan fingerprint density at radius 1 is 0.897 bits per heavy atom. The summed E-state index contributed by atoms with van der Waals surface area (Å²) in [7, 11) is 0. The lowest BCUT2D eigenvalue weighted by Crippen LogP contribution is -2.05. The first kappa shape index (κ1) is 18.8. The van der Waals surface area contributed by atoms with Gasteiger partial charge in [0, 0.05) is 6.08 Å². The maximum absolute atomic E-state index is 11.0. The van der Waals surface area contributed by atoms with Crippen molar-refractivity contribution in [2.45, 2.75) is 25.9 Å². The maximum Gasteiger partial charge on any atom is 0.328 e. The van der Waals surface area contributed by atoms with Gasteiger partial charge in [-0.15, -0.1) is 0 Å². The van der Waals surface area contributed by atoms with Crippen LogP contribution in [0.15, 0.2) is 78.9 Å². The molecule has 0 unspecified atom stereocenters. The summed E-state index contributed by atoms with van der Waals surface area (Å²) in [5.41, 5.74) is 4.06. The molecule has 0 radical (unpaired) electrons. The van der Waals surface area contributed by atoms with Gasteiger partial charge in [-0.05, 0) is 77.9 Å². The minimum atomic E-state index is -0.897. The van der Waals surface area contributed by atoms with E-state index in [-0.39, 0.29) is 0 Å². The highest BCUT2D eigenvalue weighted by Crippen LogP contribution is 2.33. The summed E-state index contributed by atoms with van der Waals surface area (Å²) in [6.07, 6.45) is 4.00. The highest BCUT2D eigenvalue weighted by Gasteiger charge is 2.16. The lowest BCUT2D eigenvalue weighted by Gasteiger charge is -2.19.